The lowest BCUT2D eigenvalue weighted by molar-refractivity contribution is 0.173. The summed E-state index contributed by atoms with van der Waals surface area (Å²) >= 11 is 0. The van der Waals surface area contributed by atoms with Gasteiger partial charge in [-0.15, -0.1) is 0 Å². The first kappa shape index (κ1) is 28.2. The summed E-state index contributed by atoms with van der Waals surface area (Å²) in [5.74, 6) is 3.35. The standard InChI is InChI=1S/2C19H15O2P/c2*1-3-7-15(8-4-1)22(16-9-5-2-6-10-16)17-11-12-18-19(13-17)21-14-20-18/h2*1-13H,14H2. The molecule has 0 atom stereocenters. The fourth-order valence-electron chi connectivity index (χ4n) is 5.25. The molecule has 6 aromatic carbocycles. The van der Waals surface area contributed by atoms with Crippen molar-refractivity contribution in [3.05, 3.63) is 158 Å². The van der Waals surface area contributed by atoms with Crippen LogP contribution in [-0.4, -0.2) is 13.6 Å². The maximum absolute atomic E-state index is 5.55. The summed E-state index contributed by atoms with van der Waals surface area (Å²) in [7, 11) is -1.18. The summed E-state index contributed by atoms with van der Waals surface area (Å²) in [4.78, 5) is 0. The third kappa shape index (κ3) is 6.19. The van der Waals surface area contributed by atoms with Gasteiger partial charge in [-0.3, -0.25) is 0 Å². The van der Waals surface area contributed by atoms with Gasteiger partial charge in [0.05, 0.1) is 0 Å². The van der Waals surface area contributed by atoms with Gasteiger partial charge in [0.25, 0.3) is 0 Å². The minimum absolute atomic E-state index is 0.313. The van der Waals surface area contributed by atoms with E-state index in [2.05, 4.69) is 146 Å². The summed E-state index contributed by atoms with van der Waals surface area (Å²) in [5.41, 5.74) is 0. The van der Waals surface area contributed by atoms with E-state index in [4.69, 9.17) is 18.9 Å². The molecule has 8 rings (SSSR count). The third-order valence-corrected chi connectivity index (χ3v) is 12.1. The first-order valence-electron chi connectivity index (χ1n) is 14.4. The van der Waals surface area contributed by atoms with E-state index >= 15 is 0 Å². The van der Waals surface area contributed by atoms with Crippen molar-refractivity contribution in [2.75, 3.05) is 13.6 Å². The molecular formula is C38H30O4P2. The Bertz CT molecular complexity index is 1600. The third-order valence-electron chi connectivity index (χ3n) is 7.29. The van der Waals surface area contributed by atoms with Gasteiger partial charge in [-0.2, -0.15) is 0 Å². The van der Waals surface area contributed by atoms with Crippen LogP contribution in [0, 0.1) is 0 Å². The molecule has 6 aromatic rings. The van der Waals surface area contributed by atoms with Crippen molar-refractivity contribution in [3.63, 3.8) is 0 Å². The molecule has 0 aliphatic carbocycles. The van der Waals surface area contributed by atoms with Crippen molar-refractivity contribution in [2.24, 2.45) is 0 Å². The maximum Gasteiger partial charge on any atom is 0.231 e. The maximum atomic E-state index is 5.55. The average molecular weight is 613 g/mol. The molecule has 4 nitrogen and oxygen atoms in total. The molecule has 2 heterocycles. The highest BCUT2D eigenvalue weighted by Gasteiger charge is 2.22. The molecule has 2 aliphatic heterocycles. The molecule has 0 bridgehead atoms. The van der Waals surface area contributed by atoms with Gasteiger partial charge in [-0.1, -0.05) is 121 Å². The van der Waals surface area contributed by atoms with Crippen molar-refractivity contribution in [3.8, 4) is 23.0 Å². The number of fused-ring (bicyclic) bond motifs is 2. The molecule has 0 aromatic heterocycles. The van der Waals surface area contributed by atoms with Gasteiger partial charge in [0.1, 0.15) is 0 Å². The topological polar surface area (TPSA) is 36.9 Å². The first-order valence-corrected chi connectivity index (χ1v) is 17.1. The summed E-state index contributed by atoms with van der Waals surface area (Å²) in [6.45, 7) is 0.626. The van der Waals surface area contributed by atoms with Crippen molar-refractivity contribution in [2.45, 2.75) is 0 Å². The quantitative estimate of drug-likeness (QED) is 0.206. The van der Waals surface area contributed by atoms with Crippen molar-refractivity contribution < 1.29 is 18.9 Å². The molecule has 0 unspecified atom stereocenters. The lowest BCUT2D eigenvalue weighted by Gasteiger charge is -2.19. The van der Waals surface area contributed by atoms with E-state index < -0.39 is 15.8 Å². The van der Waals surface area contributed by atoms with Crippen LogP contribution in [0.4, 0.5) is 0 Å². The van der Waals surface area contributed by atoms with Crippen LogP contribution in [-0.2, 0) is 0 Å². The van der Waals surface area contributed by atoms with E-state index in [1.54, 1.807) is 0 Å². The van der Waals surface area contributed by atoms with Crippen molar-refractivity contribution in [1.82, 2.24) is 0 Å². The van der Waals surface area contributed by atoms with Gasteiger partial charge in [0.2, 0.25) is 13.6 Å². The zero-order valence-corrected chi connectivity index (χ0v) is 25.7. The number of ether oxygens (including phenoxy) is 4. The van der Waals surface area contributed by atoms with Gasteiger partial charge in [-0.25, -0.2) is 0 Å². The first-order chi connectivity index (χ1) is 21.8. The normalized spacial score (nSPS) is 12.6. The molecule has 44 heavy (non-hydrogen) atoms. The van der Waals surface area contributed by atoms with E-state index in [1.807, 2.05) is 12.1 Å². The van der Waals surface area contributed by atoms with Gasteiger partial charge in [-0.05, 0) is 84.1 Å². The predicted octanol–water partition coefficient (Wildman–Crippen LogP) is 6.35. The van der Waals surface area contributed by atoms with Crippen molar-refractivity contribution in [1.29, 1.82) is 0 Å². The SMILES string of the molecule is c1ccc(P(c2ccccc2)c2ccc3c(c2)OCO3)cc1.c1ccc(P(c2ccccc2)c2ccc3c(c2)OCO3)cc1. The Hall–Kier alpha value is -4.62. The van der Waals surface area contributed by atoms with E-state index in [0.29, 0.717) is 13.6 Å². The Balaban J connectivity index is 0.000000142. The van der Waals surface area contributed by atoms with Crippen LogP contribution in [0.5, 0.6) is 23.0 Å². The number of hydrogen-bond donors (Lipinski definition) is 0. The van der Waals surface area contributed by atoms with Gasteiger partial charge in [0, 0.05) is 0 Å². The molecule has 0 fully saturated rings. The monoisotopic (exact) mass is 612 g/mol. The van der Waals surface area contributed by atoms with Crippen LogP contribution in [0.15, 0.2) is 158 Å². The Morgan fingerprint density at radius 2 is 0.591 bits per heavy atom. The highest BCUT2D eigenvalue weighted by Crippen LogP contribution is 2.39. The summed E-state index contributed by atoms with van der Waals surface area (Å²) in [6.07, 6.45) is 0. The average Bonchev–Trinajstić information content (AvgIpc) is 3.77. The smallest absolute Gasteiger partial charge is 0.231 e. The minimum Gasteiger partial charge on any atom is -0.454 e. The second-order valence-corrected chi connectivity index (χ2v) is 14.5. The second-order valence-electron chi connectivity index (χ2n) is 10.1. The molecule has 6 heteroatoms. The Kier molecular flexibility index (Phi) is 8.55. The Labute approximate surface area is 260 Å². The zero-order valence-electron chi connectivity index (χ0n) is 24.0. The van der Waals surface area contributed by atoms with Crippen LogP contribution in [0.2, 0.25) is 0 Å². The minimum atomic E-state index is -0.588. The number of benzene rings is 6. The summed E-state index contributed by atoms with van der Waals surface area (Å²) in [6, 6.07) is 55.2. The Morgan fingerprint density at radius 3 is 0.909 bits per heavy atom. The summed E-state index contributed by atoms with van der Waals surface area (Å²) in [5, 5.41) is 7.89. The van der Waals surface area contributed by atoms with E-state index in [-0.39, 0.29) is 0 Å². The molecule has 2 aliphatic rings. The molecule has 0 saturated carbocycles. The zero-order chi connectivity index (χ0) is 29.6. The highest BCUT2D eigenvalue weighted by molar-refractivity contribution is 7.80. The predicted molar refractivity (Wildman–Crippen MR) is 183 cm³/mol. The lowest BCUT2D eigenvalue weighted by atomic mass is 10.3. The van der Waals surface area contributed by atoms with Gasteiger partial charge < -0.3 is 18.9 Å². The fourth-order valence-corrected chi connectivity index (χ4v) is 9.86. The van der Waals surface area contributed by atoms with E-state index in [9.17, 15) is 0 Å². The fraction of sp³-hybridized carbons (Fsp3) is 0.0526. The second kappa shape index (κ2) is 13.3. The number of rotatable bonds is 6. The highest BCUT2D eigenvalue weighted by atomic mass is 31.1. The molecule has 0 saturated heterocycles. The van der Waals surface area contributed by atoms with E-state index in [0.717, 1.165) is 23.0 Å². The lowest BCUT2D eigenvalue weighted by Crippen LogP contribution is -2.20. The van der Waals surface area contributed by atoms with Crippen molar-refractivity contribution >= 4 is 47.7 Å². The van der Waals surface area contributed by atoms with E-state index in [1.165, 1.54) is 31.8 Å². The van der Waals surface area contributed by atoms with Gasteiger partial charge in [0.15, 0.2) is 23.0 Å². The van der Waals surface area contributed by atoms with Crippen LogP contribution in [0.25, 0.3) is 0 Å². The number of hydrogen-bond acceptors (Lipinski definition) is 4. The van der Waals surface area contributed by atoms with Crippen LogP contribution in [0.3, 0.4) is 0 Å². The largest absolute Gasteiger partial charge is 0.454 e. The molecule has 0 radical (unpaired) electrons. The molecule has 0 amide bonds. The summed E-state index contributed by atoms with van der Waals surface area (Å²) < 4.78 is 22.0. The van der Waals surface area contributed by atoms with Crippen LogP contribution in [0.1, 0.15) is 0 Å². The van der Waals surface area contributed by atoms with Gasteiger partial charge >= 0.3 is 0 Å². The Morgan fingerprint density at radius 1 is 0.295 bits per heavy atom. The molecular weight excluding hydrogens is 582 g/mol. The molecule has 0 spiro atoms. The van der Waals surface area contributed by atoms with Crippen LogP contribution >= 0.6 is 15.8 Å². The molecule has 0 N–H and O–H groups in total. The van der Waals surface area contributed by atoms with Crippen LogP contribution < -0.4 is 50.8 Å². The molecule has 216 valence electrons.